The molecule has 0 aliphatic heterocycles. The summed E-state index contributed by atoms with van der Waals surface area (Å²) in [5, 5.41) is 22.0. The Hall–Kier alpha value is -0.340. The van der Waals surface area contributed by atoms with Crippen LogP contribution in [0.5, 0.6) is 0 Å². The number of hydrogen-bond donors (Lipinski definition) is 2. The van der Waals surface area contributed by atoms with Gasteiger partial charge in [0, 0.05) is 5.41 Å². The Morgan fingerprint density at radius 3 is 2.50 bits per heavy atom. The van der Waals surface area contributed by atoms with Crippen molar-refractivity contribution in [3.05, 3.63) is 12.2 Å². The van der Waals surface area contributed by atoms with Crippen molar-refractivity contribution in [3.63, 3.8) is 0 Å². The molecule has 0 bridgehead atoms. The van der Waals surface area contributed by atoms with Gasteiger partial charge in [0.05, 0.1) is 11.7 Å². The van der Waals surface area contributed by atoms with Gasteiger partial charge in [0.2, 0.25) is 0 Å². The molecule has 7 atom stereocenters. The molecule has 126 valence electrons. The molecule has 0 radical (unpaired) electrons. The molecule has 0 aromatic heterocycles. The number of aliphatic hydroxyl groups is 2. The third kappa shape index (κ3) is 1.99. The van der Waals surface area contributed by atoms with Gasteiger partial charge in [0.1, 0.15) is 0 Å². The van der Waals surface area contributed by atoms with Gasteiger partial charge in [-0.05, 0) is 75.0 Å². The molecule has 0 heterocycles. The van der Waals surface area contributed by atoms with E-state index in [0.29, 0.717) is 29.6 Å². The second-order valence-electron chi connectivity index (χ2n) is 8.96. The first kappa shape index (κ1) is 16.5. The standard InChI is InChI=1S/C20H34O2/c1-12(2)15-8-6-13(3)16-10-11-20(18(15)16)14(4)7-9-17(21)19(20,5)22/h12,14-18,21-22H,3,6-11H2,1-2,4-5H3/t14-,15-,16-,17-,18-,19+,20-/m1/s1. The zero-order valence-corrected chi connectivity index (χ0v) is 14.8. The molecule has 1 spiro atoms. The van der Waals surface area contributed by atoms with E-state index in [1.165, 1.54) is 12.0 Å². The highest BCUT2D eigenvalue weighted by molar-refractivity contribution is 5.22. The van der Waals surface area contributed by atoms with Gasteiger partial charge in [-0.15, -0.1) is 0 Å². The van der Waals surface area contributed by atoms with E-state index in [4.69, 9.17) is 0 Å². The van der Waals surface area contributed by atoms with Crippen molar-refractivity contribution in [2.24, 2.45) is 35.0 Å². The van der Waals surface area contributed by atoms with Crippen molar-refractivity contribution in [2.75, 3.05) is 0 Å². The number of allylic oxidation sites excluding steroid dienone is 1. The summed E-state index contributed by atoms with van der Waals surface area (Å²) in [6.07, 6.45) is 5.76. The van der Waals surface area contributed by atoms with Crippen LogP contribution in [0, 0.1) is 35.0 Å². The zero-order chi connectivity index (χ0) is 16.3. The average molecular weight is 306 g/mol. The molecular formula is C20H34O2. The lowest BCUT2D eigenvalue weighted by molar-refractivity contribution is -0.221. The van der Waals surface area contributed by atoms with Gasteiger partial charge in [0.15, 0.2) is 0 Å². The minimum absolute atomic E-state index is 0.131. The van der Waals surface area contributed by atoms with Crippen LogP contribution < -0.4 is 0 Å². The Morgan fingerprint density at radius 1 is 1.18 bits per heavy atom. The van der Waals surface area contributed by atoms with E-state index in [0.717, 1.165) is 32.1 Å². The lowest BCUT2D eigenvalue weighted by atomic mass is 9.48. The van der Waals surface area contributed by atoms with Crippen molar-refractivity contribution in [2.45, 2.75) is 77.9 Å². The predicted molar refractivity (Wildman–Crippen MR) is 90.4 cm³/mol. The van der Waals surface area contributed by atoms with Gasteiger partial charge in [-0.1, -0.05) is 32.9 Å². The fourth-order valence-electron chi connectivity index (χ4n) is 6.62. The quantitative estimate of drug-likeness (QED) is 0.714. The van der Waals surface area contributed by atoms with E-state index in [1.54, 1.807) is 0 Å². The summed E-state index contributed by atoms with van der Waals surface area (Å²) in [5.74, 6) is 2.82. The van der Waals surface area contributed by atoms with Gasteiger partial charge in [-0.3, -0.25) is 0 Å². The maximum atomic E-state index is 11.4. The number of fused-ring (bicyclic) bond motifs is 2. The lowest BCUT2D eigenvalue weighted by Gasteiger charge is -2.59. The van der Waals surface area contributed by atoms with Crippen molar-refractivity contribution in [3.8, 4) is 0 Å². The minimum atomic E-state index is -0.963. The maximum Gasteiger partial charge on any atom is 0.0938 e. The lowest BCUT2D eigenvalue weighted by Crippen LogP contribution is -2.63. The van der Waals surface area contributed by atoms with Crippen molar-refractivity contribution >= 4 is 0 Å². The van der Waals surface area contributed by atoms with Gasteiger partial charge in [-0.2, -0.15) is 0 Å². The summed E-state index contributed by atoms with van der Waals surface area (Å²) < 4.78 is 0. The Balaban J connectivity index is 2.09. The predicted octanol–water partition coefficient (Wildman–Crippen LogP) is 4.16. The molecule has 3 aliphatic rings. The van der Waals surface area contributed by atoms with Crippen LogP contribution in [0.4, 0.5) is 0 Å². The zero-order valence-electron chi connectivity index (χ0n) is 14.8. The number of hydrogen-bond acceptors (Lipinski definition) is 2. The third-order valence-corrected chi connectivity index (χ3v) is 7.88. The van der Waals surface area contributed by atoms with Crippen LogP contribution in [0.3, 0.4) is 0 Å². The van der Waals surface area contributed by atoms with Crippen LogP contribution in [0.25, 0.3) is 0 Å². The van der Waals surface area contributed by atoms with Gasteiger partial charge >= 0.3 is 0 Å². The first-order valence-electron chi connectivity index (χ1n) is 9.31. The largest absolute Gasteiger partial charge is 0.390 e. The molecular weight excluding hydrogens is 272 g/mol. The van der Waals surface area contributed by atoms with E-state index >= 15 is 0 Å². The number of aliphatic hydroxyl groups excluding tert-OH is 1. The molecule has 0 aromatic rings. The second kappa shape index (κ2) is 5.34. The molecule has 2 heteroatoms. The van der Waals surface area contributed by atoms with Crippen LogP contribution in [0.1, 0.15) is 66.2 Å². The van der Waals surface area contributed by atoms with Crippen LogP contribution in [-0.2, 0) is 0 Å². The second-order valence-corrected chi connectivity index (χ2v) is 8.96. The molecule has 0 aromatic carbocycles. The summed E-state index contributed by atoms with van der Waals surface area (Å²) in [6.45, 7) is 13.3. The highest BCUT2D eigenvalue weighted by Crippen LogP contribution is 2.67. The van der Waals surface area contributed by atoms with Gasteiger partial charge in [-0.25, -0.2) is 0 Å². The molecule has 2 N–H and O–H groups in total. The normalized spacial score (nSPS) is 52.3. The molecule has 3 fully saturated rings. The SMILES string of the molecule is C=C1CC[C@H](C(C)C)[C@@H]2[C@@H]1CC[C@@]21[C@H](C)CC[C@@H](O)[C@]1(C)O. The summed E-state index contributed by atoms with van der Waals surface area (Å²) in [7, 11) is 0. The van der Waals surface area contributed by atoms with E-state index in [9.17, 15) is 10.2 Å². The van der Waals surface area contributed by atoms with Gasteiger partial charge in [0.25, 0.3) is 0 Å². The highest BCUT2D eigenvalue weighted by atomic mass is 16.3. The Bertz CT molecular complexity index is 453. The van der Waals surface area contributed by atoms with Crippen LogP contribution >= 0.6 is 0 Å². The Morgan fingerprint density at radius 2 is 1.86 bits per heavy atom. The maximum absolute atomic E-state index is 11.4. The van der Waals surface area contributed by atoms with E-state index in [-0.39, 0.29) is 5.41 Å². The summed E-state index contributed by atoms with van der Waals surface area (Å²) in [5.41, 5.74) is 0.310. The van der Waals surface area contributed by atoms with E-state index in [2.05, 4.69) is 27.4 Å². The highest BCUT2D eigenvalue weighted by Gasteiger charge is 2.66. The van der Waals surface area contributed by atoms with E-state index < -0.39 is 11.7 Å². The fraction of sp³-hybridized carbons (Fsp3) is 0.900. The molecule has 3 rings (SSSR count). The molecule has 3 aliphatic carbocycles. The molecule has 0 unspecified atom stereocenters. The molecule has 3 saturated carbocycles. The van der Waals surface area contributed by atoms with Gasteiger partial charge < -0.3 is 10.2 Å². The number of rotatable bonds is 1. The first-order valence-corrected chi connectivity index (χ1v) is 9.31. The Labute approximate surface area is 136 Å². The monoisotopic (exact) mass is 306 g/mol. The van der Waals surface area contributed by atoms with Crippen molar-refractivity contribution < 1.29 is 10.2 Å². The minimum Gasteiger partial charge on any atom is -0.390 e. The van der Waals surface area contributed by atoms with E-state index in [1.807, 2.05) is 6.92 Å². The smallest absolute Gasteiger partial charge is 0.0938 e. The summed E-state index contributed by atoms with van der Waals surface area (Å²) >= 11 is 0. The first-order chi connectivity index (χ1) is 10.2. The molecule has 22 heavy (non-hydrogen) atoms. The van der Waals surface area contributed by atoms with Crippen molar-refractivity contribution in [1.29, 1.82) is 0 Å². The average Bonchev–Trinajstić information content (AvgIpc) is 2.85. The topological polar surface area (TPSA) is 40.5 Å². The summed E-state index contributed by atoms with van der Waals surface area (Å²) in [6, 6.07) is 0. The molecule has 0 saturated heterocycles. The van der Waals surface area contributed by atoms with Crippen LogP contribution in [0.2, 0.25) is 0 Å². The molecule has 0 amide bonds. The summed E-state index contributed by atoms with van der Waals surface area (Å²) in [4.78, 5) is 0. The molecule has 2 nitrogen and oxygen atoms in total. The van der Waals surface area contributed by atoms with Crippen molar-refractivity contribution in [1.82, 2.24) is 0 Å². The van der Waals surface area contributed by atoms with Crippen LogP contribution in [0.15, 0.2) is 12.2 Å². The fourth-order valence-corrected chi connectivity index (χ4v) is 6.62. The third-order valence-electron chi connectivity index (χ3n) is 7.88. The van der Waals surface area contributed by atoms with Crippen LogP contribution in [-0.4, -0.2) is 21.9 Å². The Kier molecular flexibility index (Phi) is 4.01.